The molecular weight excluding hydrogens is 230 g/mol. The van der Waals surface area contributed by atoms with Crippen molar-refractivity contribution in [3.63, 3.8) is 0 Å². The zero-order chi connectivity index (χ0) is 12.3. The molecule has 1 aromatic carbocycles. The molecule has 0 aliphatic carbocycles. The topological polar surface area (TPSA) is 36.4 Å². The van der Waals surface area contributed by atoms with Crippen molar-refractivity contribution in [1.29, 1.82) is 0 Å². The minimum absolute atomic E-state index is 0.557. The number of hydrogen-bond donors (Lipinski definition) is 2. The molecular formula is C13H19N3S. The van der Waals surface area contributed by atoms with Gasteiger partial charge in [-0.15, -0.1) is 0 Å². The lowest BCUT2D eigenvalue weighted by atomic mass is 10.2. The molecule has 4 heteroatoms. The molecule has 0 saturated heterocycles. The number of nitrogens with one attached hydrogen (secondary N) is 2. The van der Waals surface area contributed by atoms with Crippen LogP contribution in [0.15, 0.2) is 35.4 Å². The van der Waals surface area contributed by atoms with Gasteiger partial charge in [-0.1, -0.05) is 43.7 Å². The molecule has 0 atom stereocenters. The molecule has 2 N–H and O–H groups in total. The van der Waals surface area contributed by atoms with Gasteiger partial charge >= 0.3 is 0 Å². The Kier molecular flexibility index (Phi) is 6.98. The second kappa shape index (κ2) is 8.70. The minimum Gasteiger partial charge on any atom is -0.357 e. The maximum Gasteiger partial charge on any atom is 0.187 e. The quantitative estimate of drug-likeness (QED) is 0.352. The summed E-state index contributed by atoms with van der Waals surface area (Å²) >= 11 is 5.10. The van der Waals surface area contributed by atoms with Crippen LogP contribution in [-0.4, -0.2) is 11.3 Å². The normalized spacial score (nSPS) is 10.4. The highest BCUT2D eigenvalue weighted by Crippen LogP contribution is 1.96. The lowest BCUT2D eigenvalue weighted by Crippen LogP contribution is -2.31. The van der Waals surface area contributed by atoms with Gasteiger partial charge in [-0.05, 0) is 30.6 Å². The molecule has 0 saturated carbocycles. The van der Waals surface area contributed by atoms with Crippen LogP contribution in [0.2, 0.25) is 0 Å². The van der Waals surface area contributed by atoms with Crippen molar-refractivity contribution in [1.82, 2.24) is 10.7 Å². The number of hydrazone groups is 1. The van der Waals surface area contributed by atoms with Crippen LogP contribution in [0.3, 0.4) is 0 Å². The van der Waals surface area contributed by atoms with Crippen LogP contribution in [0.5, 0.6) is 0 Å². The van der Waals surface area contributed by atoms with Crippen molar-refractivity contribution in [2.45, 2.75) is 32.7 Å². The van der Waals surface area contributed by atoms with E-state index in [0.717, 1.165) is 19.4 Å². The Bertz CT molecular complexity index is 349. The Hall–Kier alpha value is -1.42. The summed E-state index contributed by atoms with van der Waals surface area (Å²) in [5, 5.41) is 7.70. The van der Waals surface area contributed by atoms with Crippen LogP contribution in [0.25, 0.3) is 0 Å². The van der Waals surface area contributed by atoms with Gasteiger partial charge < -0.3 is 5.32 Å². The zero-order valence-corrected chi connectivity index (χ0v) is 11.0. The molecule has 3 nitrogen and oxygen atoms in total. The van der Waals surface area contributed by atoms with Crippen molar-refractivity contribution in [3.8, 4) is 0 Å². The van der Waals surface area contributed by atoms with Gasteiger partial charge in [0.2, 0.25) is 0 Å². The zero-order valence-electron chi connectivity index (χ0n) is 10.1. The summed E-state index contributed by atoms with van der Waals surface area (Å²) in [7, 11) is 0. The Labute approximate surface area is 108 Å². The highest BCUT2D eigenvalue weighted by atomic mass is 32.1. The average molecular weight is 249 g/mol. The van der Waals surface area contributed by atoms with Crippen LogP contribution in [-0.2, 0) is 6.54 Å². The Balaban J connectivity index is 2.15. The van der Waals surface area contributed by atoms with Crippen molar-refractivity contribution in [2.24, 2.45) is 5.10 Å². The molecule has 0 aliphatic heterocycles. The van der Waals surface area contributed by atoms with Crippen molar-refractivity contribution in [3.05, 3.63) is 35.9 Å². The second-order valence-corrected chi connectivity index (χ2v) is 4.14. The van der Waals surface area contributed by atoms with E-state index in [0.29, 0.717) is 5.11 Å². The fourth-order valence-corrected chi connectivity index (χ4v) is 1.41. The van der Waals surface area contributed by atoms with E-state index in [4.69, 9.17) is 12.2 Å². The van der Waals surface area contributed by atoms with E-state index in [-0.39, 0.29) is 0 Å². The van der Waals surface area contributed by atoms with E-state index in [9.17, 15) is 0 Å². The third kappa shape index (κ3) is 6.68. The van der Waals surface area contributed by atoms with Crippen LogP contribution in [0, 0.1) is 0 Å². The summed E-state index contributed by atoms with van der Waals surface area (Å²) in [5.41, 5.74) is 4.00. The first kappa shape index (κ1) is 13.6. The highest BCUT2D eigenvalue weighted by molar-refractivity contribution is 7.80. The third-order valence-corrected chi connectivity index (χ3v) is 2.48. The van der Waals surface area contributed by atoms with Gasteiger partial charge in [0.15, 0.2) is 5.11 Å². The van der Waals surface area contributed by atoms with E-state index >= 15 is 0 Å². The van der Waals surface area contributed by atoms with Gasteiger partial charge in [-0.25, -0.2) is 0 Å². The summed E-state index contributed by atoms with van der Waals surface area (Å²) in [6, 6.07) is 10.1. The predicted octanol–water partition coefficient (Wildman–Crippen LogP) is 2.83. The molecule has 92 valence electrons. The van der Waals surface area contributed by atoms with Gasteiger partial charge in [0.1, 0.15) is 0 Å². The van der Waals surface area contributed by atoms with Gasteiger partial charge in [0.25, 0.3) is 0 Å². The van der Waals surface area contributed by atoms with Gasteiger partial charge in [0, 0.05) is 12.8 Å². The molecule has 0 unspecified atom stereocenters. The van der Waals surface area contributed by atoms with E-state index < -0.39 is 0 Å². The molecule has 0 bridgehead atoms. The largest absolute Gasteiger partial charge is 0.357 e. The summed E-state index contributed by atoms with van der Waals surface area (Å²) in [6.07, 6.45) is 5.20. The molecule has 0 aromatic heterocycles. The van der Waals surface area contributed by atoms with Crippen LogP contribution in [0.1, 0.15) is 31.7 Å². The maximum atomic E-state index is 5.10. The Morgan fingerprint density at radius 3 is 2.82 bits per heavy atom. The van der Waals surface area contributed by atoms with Crippen molar-refractivity contribution < 1.29 is 0 Å². The summed E-state index contributed by atoms with van der Waals surface area (Å²) in [6.45, 7) is 2.88. The molecule has 0 radical (unpaired) electrons. The van der Waals surface area contributed by atoms with Gasteiger partial charge in [-0.2, -0.15) is 5.10 Å². The molecule has 1 aromatic rings. The molecule has 0 fully saturated rings. The second-order valence-electron chi connectivity index (χ2n) is 3.73. The number of hydrogen-bond acceptors (Lipinski definition) is 2. The molecule has 17 heavy (non-hydrogen) atoms. The fourth-order valence-electron chi connectivity index (χ4n) is 1.28. The summed E-state index contributed by atoms with van der Waals surface area (Å²) in [4.78, 5) is 0. The monoisotopic (exact) mass is 249 g/mol. The van der Waals surface area contributed by atoms with E-state index in [1.807, 2.05) is 24.4 Å². The van der Waals surface area contributed by atoms with Crippen LogP contribution < -0.4 is 10.7 Å². The summed E-state index contributed by atoms with van der Waals surface area (Å²) < 4.78 is 0. The first-order valence-corrected chi connectivity index (χ1v) is 6.33. The van der Waals surface area contributed by atoms with E-state index in [1.165, 1.54) is 12.0 Å². The van der Waals surface area contributed by atoms with E-state index in [2.05, 4.69) is 34.9 Å². The molecule has 0 amide bonds. The molecule has 0 aliphatic rings. The number of benzene rings is 1. The fraction of sp³-hybridized carbons (Fsp3) is 0.385. The Morgan fingerprint density at radius 1 is 1.35 bits per heavy atom. The van der Waals surface area contributed by atoms with Crippen molar-refractivity contribution in [2.75, 3.05) is 0 Å². The summed E-state index contributed by atoms with van der Waals surface area (Å²) in [5.74, 6) is 0. The van der Waals surface area contributed by atoms with Crippen LogP contribution in [0.4, 0.5) is 0 Å². The van der Waals surface area contributed by atoms with Gasteiger partial charge in [-0.3, -0.25) is 5.43 Å². The first-order valence-electron chi connectivity index (χ1n) is 5.92. The van der Waals surface area contributed by atoms with Gasteiger partial charge in [0.05, 0.1) is 0 Å². The number of unbranched alkanes of at least 4 members (excludes halogenated alkanes) is 2. The SMILES string of the molecule is CCCC/C=N/NC(=S)NCc1ccccc1. The number of rotatable bonds is 6. The molecule has 0 heterocycles. The minimum atomic E-state index is 0.557. The molecule has 1 rings (SSSR count). The maximum absolute atomic E-state index is 5.10. The number of nitrogens with zero attached hydrogens (tertiary/aromatic N) is 1. The number of thiocarbonyl (C=S) groups is 1. The van der Waals surface area contributed by atoms with Crippen molar-refractivity contribution >= 4 is 23.5 Å². The smallest absolute Gasteiger partial charge is 0.187 e. The highest BCUT2D eigenvalue weighted by Gasteiger charge is 1.93. The predicted molar refractivity (Wildman–Crippen MR) is 77.0 cm³/mol. The standard InChI is InChI=1S/C13H19N3S/c1-2-3-7-10-15-16-13(17)14-11-12-8-5-4-6-9-12/h4-6,8-10H,2-3,7,11H2,1H3,(H2,14,16,17)/b15-10+. The van der Waals surface area contributed by atoms with Crippen LogP contribution >= 0.6 is 12.2 Å². The van der Waals surface area contributed by atoms with E-state index in [1.54, 1.807) is 0 Å². The Morgan fingerprint density at radius 2 is 2.12 bits per heavy atom. The lowest BCUT2D eigenvalue weighted by Gasteiger charge is -2.06. The lowest BCUT2D eigenvalue weighted by molar-refractivity contribution is 0.830. The first-order chi connectivity index (χ1) is 8.33. The average Bonchev–Trinajstić information content (AvgIpc) is 2.37. The molecule has 0 spiro atoms. The third-order valence-electron chi connectivity index (χ3n) is 2.24.